The fourth-order valence-electron chi connectivity index (χ4n) is 4.28. The number of nitrogens with zero attached hydrogens (tertiary/aromatic N) is 1. The number of rotatable bonds is 3. The molecule has 2 aliphatic heterocycles. The van der Waals surface area contributed by atoms with Crippen molar-refractivity contribution in [3.8, 4) is 0 Å². The van der Waals surface area contributed by atoms with Gasteiger partial charge in [-0.2, -0.15) is 0 Å². The van der Waals surface area contributed by atoms with Gasteiger partial charge in [-0.1, -0.05) is 19.3 Å². The van der Waals surface area contributed by atoms with Gasteiger partial charge in [-0.3, -0.25) is 10.1 Å². The van der Waals surface area contributed by atoms with Crippen LogP contribution in [0, 0.1) is 0 Å². The molecule has 2 saturated heterocycles. The molecule has 2 unspecified atom stereocenters. The highest BCUT2D eigenvalue weighted by Crippen LogP contribution is 2.34. The van der Waals surface area contributed by atoms with Gasteiger partial charge in [-0.05, 0) is 45.1 Å². The molecule has 0 aromatic heterocycles. The normalized spacial score (nSPS) is 37.2. The van der Waals surface area contributed by atoms with E-state index >= 15 is 0 Å². The molecule has 108 valence electrons. The van der Waals surface area contributed by atoms with Crippen molar-refractivity contribution in [2.75, 3.05) is 13.1 Å². The van der Waals surface area contributed by atoms with Crippen LogP contribution in [-0.4, -0.2) is 46.7 Å². The highest BCUT2D eigenvalue weighted by molar-refractivity contribution is 5.79. The van der Waals surface area contributed by atoms with E-state index in [2.05, 4.69) is 10.2 Å². The van der Waals surface area contributed by atoms with Crippen LogP contribution in [0.5, 0.6) is 0 Å². The van der Waals surface area contributed by atoms with Gasteiger partial charge in [-0.15, -0.1) is 0 Å². The summed E-state index contributed by atoms with van der Waals surface area (Å²) in [6.45, 7) is 2.13. The lowest BCUT2D eigenvalue weighted by molar-refractivity contribution is -0.148. The Morgan fingerprint density at radius 3 is 2.63 bits per heavy atom. The molecule has 0 amide bonds. The Bertz CT molecular complexity index is 341. The highest BCUT2D eigenvalue weighted by atomic mass is 16.4. The van der Waals surface area contributed by atoms with E-state index in [0.29, 0.717) is 12.1 Å². The lowest BCUT2D eigenvalue weighted by Gasteiger charge is -2.44. The fourth-order valence-corrected chi connectivity index (χ4v) is 4.28. The predicted octanol–water partition coefficient (Wildman–Crippen LogP) is 1.99. The van der Waals surface area contributed by atoms with Crippen LogP contribution >= 0.6 is 0 Å². The Morgan fingerprint density at radius 1 is 1.11 bits per heavy atom. The van der Waals surface area contributed by atoms with Crippen LogP contribution in [0.15, 0.2) is 0 Å². The van der Waals surface area contributed by atoms with Crippen molar-refractivity contribution in [1.29, 1.82) is 0 Å². The maximum Gasteiger partial charge on any atom is 0.324 e. The molecule has 0 spiro atoms. The van der Waals surface area contributed by atoms with Crippen LogP contribution in [0.3, 0.4) is 0 Å². The van der Waals surface area contributed by atoms with Crippen LogP contribution in [0.25, 0.3) is 0 Å². The molecule has 19 heavy (non-hydrogen) atoms. The van der Waals surface area contributed by atoms with Gasteiger partial charge in [0, 0.05) is 18.6 Å². The summed E-state index contributed by atoms with van der Waals surface area (Å²) >= 11 is 0. The minimum Gasteiger partial charge on any atom is -0.480 e. The maximum atomic E-state index is 11.9. The summed E-state index contributed by atoms with van der Waals surface area (Å²) in [6.07, 6.45) is 10.1. The van der Waals surface area contributed by atoms with Crippen LogP contribution in [0.1, 0.15) is 57.8 Å². The maximum absolute atomic E-state index is 11.9. The van der Waals surface area contributed by atoms with Gasteiger partial charge >= 0.3 is 5.97 Å². The summed E-state index contributed by atoms with van der Waals surface area (Å²) in [6, 6.07) is 0.929. The topological polar surface area (TPSA) is 52.6 Å². The van der Waals surface area contributed by atoms with E-state index in [1.54, 1.807) is 0 Å². The SMILES string of the molecule is O=C(O)C1(NC2CCCCC2)CCN2CCCC2C1. The Labute approximate surface area is 115 Å². The molecule has 0 radical (unpaired) electrons. The Kier molecular flexibility index (Phi) is 3.81. The van der Waals surface area contributed by atoms with Crippen LogP contribution < -0.4 is 5.32 Å². The monoisotopic (exact) mass is 266 g/mol. The molecule has 1 aliphatic carbocycles. The second kappa shape index (κ2) is 5.41. The summed E-state index contributed by atoms with van der Waals surface area (Å²) in [7, 11) is 0. The molecule has 2 atom stereocenters. The van der Waals surface area contributed by atoms with Crippen LogP contribution in [0.2, 0.25) is 0 Å². The quantitative estimate of drug-likeness (QED) is 0.820. The molecular weight excluding hydrogens is 240 g/mol. The first-order valence-electron chi connectivity index (χ1n) is 7.95. The zero-order chi connectivity index (χ0) is 13.3. The molecule has 4 nitrogen and oxygen atoms in total. The Balaban J connectivity index is 1.70. The van der Waals surface area contributed by atoms with E-state index in [4.69, 9.17) is 0 Å². The molecule has 4 heteroatoms. The first-order chi connectivity index (χ1) is 9.20. The van der Waals surface area contributed by atoms with E-state index in [0.717, 1.165) is 32.2 Å². The van der Waals surface area contributed by atoms with Gasteiger partial charge in [0.15, 0.2) is 0 Å². The summed E-state index contributed by atoms with van der Waals surface area (Å²) in [5.41, 5.74) is -0.645. The average molecular weight is 266 g/mol. The number of hydrogen-bond donors (Lipinski definition) is 2. The molecular formula is C15H26N2O2. The largest absolute Gasteiger partial charge is 0.480 e. The fraction of sp³-hybridized carbons (Fsp3) is 0.933. The number of carbonyl (C=O) groups is 1. The summed E-state index contributed by atoms with van der Waals surface area (Å²) < 4.78 is 0. The van der Waals surface area contributed by atoms with Crippen molar-refractivity contribution < 1.29 is 9.90 Å². The second-order valence-corrected chi connectivity index (χ2v) is 6.65. The molecule has 0 aromatic rings. The summed E-state index contributed by atoms with van der Waals surface area (Å²) in [5, 5.41) is 13.3. The van der Waals surface area contributed by atoms with Crippen LogP contribution in [-0.2, 0) is 4.79 Å². The van der Waals surface area contributed by atoms with E-state index in [1.165, 1.54) is 38.6 Å². The third-order valence-electron chi connectivity index (χ3n) is 5.40. The van der Waals surface area contributed by atoms with Crippen molar-refractivity contribution in [2.45, 2.75) is 75.4 Å². The van der Waals surface area contributed by atoms with Gasteiger partial charge in [0.2, 0.25) is 0 Å². The molecule has 0 bridgehead atoms. The number of aliphatic carboxylic acids is 1. The lowest BCUT2D eigenvalue weighted by atomic mass is 9.81. The van der Waals surface area contributed by atoms with Crippen molar-refractivity contribution in [2.24, 2.45) is 0 Å². The number of nitrogens with one attached hydrogen (secondary N) is 1. The standard InChI is InChI=1S/C15H26N2O2/c18-14(19)15(16-12-5-2-1-3-6-12)8-10-17-9-4-7-13(17)11-15/h12-13,16H,1-11H2,(H,18,19). The molecule has 2 N–H and O–H groups in total. The first kappa shape index (κ1) is 13.4. The number of fused-ring (bicyclic) bond motifs is 1. The third-order valence-corrected chi connectivity index (χ3v) is 5.40. The van der Waals surface area contributed by atoms with Gasteiger partial charge in [0.05, 0.1) is 0 Å². The van der Waals surface area contributed by atoms with Gasteiger partial charge < -0.3 is 10.0 Å². The van der Waals surface area contributed by atoms with Crippen molar-refractivity contribution >= 4 is 5.97 Å². The minimum atomic E-state index is -0.645. The molecule has 0 aromatic carbocycles. The van der Waals surface area contributed by atoms with Gasteiger partial charge in [0.1, 0.15) is 5.54 Å². The van der Waals surface area contributed by atoms with Gasteiger partial charge in [0.25, 0.3) is 0 Å². The average Bonchev–Trinajstić information content (AvgIpc) is 2.87. The van der Waals surface area contributed by atoms with E-state index in [-0.39, 0.29) is 0 Å². The van der Waals surface area contributed by atoms with Gasteiger partial charge in [-0.25, -0.2) is 0 Å². The van der Waals surface area contributed by atoms with E-state index in [1.807, 2.05) is 0 Å². The lowest BCUT2D eigenvalue weighted by Crippen LogP contribution is -2.62. The second-order valence-electron chi connectivity index (χ2n) is 6.65. The molecule has 3 aliphatic rings. The Hall–Kier alpha value is -0.610. The van der Waals surface area contributed by atoms with Crippen molar-refractivity contribution in [1.82, 2.24) is 10.2 Å². The molecule has 3 fully saturated rings. The number of piperidine rings is 1. The zero-order valence-electron chi connectivity index (χ0n) is 11.7. The van der Waals surface area contributed by atoms with E-state index in [9.17, 15) is 9.90 Å². The zero-order valence-corrected chi connectivity index (χ0v) is 11.7. The van der Waals surface area contributed by atoms with Crippen molar-refractivity contribution in [3.63, 3.8) is 0 Å². The number of carboxylic acids is 1. The predicted molar refractivity (Wildman–Crippen MR) is 74.2 cm³/mol. The molecule has 1 saturated carbocycles. The highest BCUT2D eigenvalue weighted by Gasteiger charge is 2.47. The van der Waals surface area contributed by atoms with Crippen LogP contribution in [0.4, 0.5) is 0 Å². The third kappa shape index (κ3) is 2.65. The smallest absolute Gasteiger partial charge is 0.324 e. The summed E-state index contributed by atoms with van der Waals surface area (Å²) in [4.78, 5) is 14.3. The number of hydrogen-bond acceptors (Lipinski definition) is 3. The summed E-state index contributed by atoms with van der Waals surface area (Å²) in [5.74, 6) is -0.621. The van der Waals surface area contributed by atoms with E-state index < -0.39 is 11.5 Å². The first-order valence-corrected chi connectivity index (χ1v) is 7.95. The Morgan fingerprint density at radius 2 is 1.89 bits per heavy atom. The molecule has 3 rings (SSSR count). The minimum absolute atomic E-state index is 0.429. The number of carboxylic acid groups (broad SMARTS) is 1. The molecule has 2 heterocycles. The van der Waals surface area contributed by atoms with Crippen molar-refractivity contribution in [3.05, 3.63) is 0 Å².